The van der Waals surface area contributed by atoms with Gasteiger partial charge >= 0.3 is 0 Å². The monoisotopic (exact) mass is 288 g/mol. The molecule has 0 aliphatic carbocycles. The lowest BCUT2D eigenvalue weighted by Gasteiger charge is -2.16. The number of hydrogen-bond acceptors (Lipinski definition) is 4. The Kier molecular flexibility index (Phi) is 10.7. The number of nitrogens with zero attached hydrogens (tertiary/aromatic N) is 1. The van der Waals surface area contributed by atoms with E-state index in [0.29, 0.717) is 24.0 Å². The van der Waals surface area contributed by atoms with Crippen LogP contribution in [0.1, 0.15) is 42.1 Å². The van der Waals surface area contributed by atoms with Crippen LogP contribution in [0.2, 0.25) is 0 Å². The van der Waals surface area contributed by atoms with Crippen molar-refractivity contribution < 1.29 is 14.4 Å². The van der Waals surface area contributed by atoms with E-state index in [9.17, 15) is 14.4 Å². The van der Waals surface area contributed by atoms with Crippen molar-refractivity contribution >= 4 is 32.3 Å². The summed E-state index contributed by atoms with van der Waals surface area (Å²) in [6.45, 7) is 2.50. The van der Waals surface area contributed by atoms with E-state index in [1.54, 1.807) is 30.3 Å². The molecule has 1 N–H and O–H groups in total. The maximum absolute atomic E-state index is 10.7. The lowest BCUT2D eigenvalue weighted by Crippen LogP contribution is -2.33. The minimum atomic E-state index is 0.428. The van der Waals surface area contributed by atoms with Gasteiger partial charge in [0.1, 0.15) is 20.4 Å². The zero-order chi connectivity index (χ0) is 16.1. The Hall–Kier alpha value is -1.95. The predicted octanol–water partition coefficient (Wildman–Crippen LogP) is 0.761. The fraction of sp³-hybridized carbons (Fsp3) is 0.400. The molecule has 2 radical (unpaired) electrons. The summed E-state index contributed by atoms with van der Waals surface area (Å²) in [7, 11) is 7.31. The highest BCUT2D eigenvalue weighted by molar-refractivity contribution is 6.32. The molecule has 0 bridgehead atoms. The molecular weight excluding hydrogens is 267 g/mol. The van der Waals surface area contributed by atoms with Crippen LogP contribution in [0.3, 0.4) is 0 Å². The summed E-state index contributed by atoms with van der Waals surface area (Å²) < 4.78 is 0. The molecular formula is C15H21BN2O3. The van der Waals surface area contributed by atoms with Gasteiger partial charge in [-0.3, -0.25) is 15.0 Å². The zero-order valence-corrected chi connectivity index (χ0v) is 12.5. The third kappa shape index (κ3) is 8.76. The van der Waals surface area contributed by atoms with E-state index in [2.05, 4.69) is 12.3 Å². The van der Waals surface area contributed by atoms with Crippen LogP contribution >= 0.6 is 0 Å². The number of rotatable bonds is 8. The topological polar surface area (TPSA) is 66.5 Å². The first-order valence-electron chi connectivity index (χ1n) is 6.77. The maximum Gasteiger partial charge on any atom is 0.221 e. The minimum absolute atomic E-state index is 0.428. The number of hydrazine groups is 1. The standard InChI is InChI=1S/C10H11BN2O2.C5H10O/c1-13(12-7-15)5-9-4-10(11)3-2-8(9)6-14;1-2-3-4-5-6/h2-4,6-7H,5H2,1H3,(H,12,15);5H,2-4H2,1H3. The molecule has 21 heavy (non-hydrogen) atoms. The van der Waals surface area contributed by atoms with Crippen LogP contribution in [0.25, 0.3) is 0 Å². The van der Waals surface area contributed by atoms with Crippen LogP contribution in [0.15, 0.2) is 18.2 Å². The van der Waals surface area contributed by atoms with Gasteiger partial charge in [0.2, 0.25) is 6.41 Å². The zero-order valence-electron chi connectivity index (χ0n) is 12.5. The summed E-state index contributed by atoms with van der Waals surface area (Å²) in [4.78, 5) is 30.5. The number of carbonyl (C=O) groups excluding carboxylic acids is 3. The molecule has 0 spiro atoms. The van der Waals surface area contributed by atoms with E-state index in [-0.39, 0.29) is 0 Å². The van der Waals surface area contributed by atoms with Crippen LogP contribution in [-0.2, 0) is 16.1 Å². The number of amides is 1. The van der Waals surface area contributed by atoms with Gasteiger partial charge in [-0.2, -0.15) is 0 Å². The highest BCUT2D eigenvalue weighted by Gasteiger charge is 2.04. The molecule has 0 heterocycles. The fourth-order valence-corrected chi connectivity index (χ4v) is 1.56. The Morgan fingerprint density at radius 3 is 2.48 bits per heavy atom. The average molecular weight is 288 g/mol. The van der Waals surface area contributed by atoms with E-state index < -0.39 is 0 Å². The summed E-state index contributed by atoms with van der Waals surface area (Å²) in [6, 6.07) is 5.04. The molecule has 1 rings (SSSR count). The summed E-state index contributed by atoms with van der Waals surface area (Å²) in [6.07, 6.45) is 5.21. The normalized spacial score (nSPS) is 9.48. The Labute approximate surface area is 127 Å². The maximum atomic E-state index is 10.7. The number of benzene rings is 1. The molecule has 0 saturated carbocycles. The first-order chi connectivity index (χ1) is 10.1. The van der Waals surface area contributed by atoms with Crippen molar-refractivity contribution in [1.82, 2.24) is 10.4 Å². The first kappa shape index (κ1) is 19.1. The molecule has 0 unspecified atom stereocenters. The number of unbranched alkanes of at least 4 members (excludes halogenated alkanes) is 2. The van der Waals surface area contributed by atoms with E-state index >= 15 is 0 Å². The quantitative estimate of drug-likeness (QED) is 0.332. The number of hydrogen-bond donors (Lipinski definition) is 1. The molecule has 1 aromatic rings. The first-order valence-corrected chi connectivity index (χ1v) is 6.77. The van der Waals surface area contributed by atoms with Crippen molar-refractivity contribution in [3.05, 3.63) is 29.3 Å². The highest BCUT2D eigenvalue weighted by atomic mass is 16.1. The Morgan fingerprint density at radius 2 is 2.00 bits per heavy atom. The van der Waals surface area contributed by atoms with Gasteiger partial charge in [-0.15, -0.1) is 0 Å². The van der Waals surface area contributed by atoms with Crippen molar-refractivity contribution in [1.29, 1.82) is 0 Å². The van der Waals surface area contributed by atoms with Crippen LogP contribution in [0.4, 0.5) is 0 Å². The van der Waals surface area contributed by atoms with Crippen LogP contribution < -0.4 is 10.9 Å². The average Bonchev–Trinajstić information content (AvgIpc) is 2.46. The molecule has 1 amide bonds. The van der Waals surface area contributed by atoms with E-state index in [1.807, 2.05) is 0 Å². The second-order valence-electron chi connectivity index (χ2n) is 4.49. The van der Waals surface area contributed by atoms with E-state index in [0.717, 1.165) is 37.4 Å². The van der Waals surface area contributed by atoms with Gasteiger partial charge in [-0.1, -0.05) is 37.0 Å². The fourth-order valence-electron chi connectivity index (χ4n) is 1.56. The Morgan fingerprint density at radius 1 is 1.29 bits per heavy atom. The molecule has 112 valence electrons. The second kappa shape index (κ2) is 11.8. The van der Waals surface area contributed by atoms with Crippen LogP contribution in [0, 0.1) is 0 Å². The number of aldehydes is 2. The minimum Gasteiger partial charge on any atom is -0.303 e. The van der Waals surface area contributed by atoms with E-state index in [1.165, 1.54) is 0 Å². The smallest absolute Gasteiger partial charge is 0.221 e. The molecule has 6 heteroatoms. The Balaban J connectivity index is 0.000000567. The molecule has 0 fully saturated rings. The summed E-state index contributed by atoms with van der Waals surface area (Å²) in [5.74, 6) is 0. The highest BCUT2D eigenvalue weighted by Crippen LogP contribution is 2.06. The molecule has 1 aromatic carbocycles. The number of nitrogens with one attached hydrogen (secondary N) is 1. The van der Waals surface area contributed by atoms with Gasteiger partial charge in [0.15, 0.2) is 0 Å². The van der Waals surface area contributed by atoms with Gasteiger partial charge in [0, 0.05) is 25.6 Å². The third-order valence-electron chi connectivity index (χ3n) is 2.65. The van der Waals surface area contributed by atoms with Gasteiger partial charge in [-0.05, 0) is 12.0 Å². The van der Waals surface area contributed by atoms with E-state index in [4.69, 9.17) is 7.85 Å². The molecule has 0 aliphatic rings. The lowest BCUT2D eigenvalue weighted by atomic mass is 9.92. The molecule has 0 aromatic heterocycles. The van der Waals surface area contributed by atoms with Gasteiger partial charge in [-0.25, -0.2) is 5.01 Å². The molecule has 0 aliphatic heterocycles. The van der Waals surface area contributed by atoms with Crippen molar-refractivity contribution in [2.24, 2.45) is 0 Å². The largest absolute Gasteiger partial charge is 0.303 e. The number of carbonyl (C=O) groups is 3. The predicted molar refractivity (Wildman–Crippen MR) is 83.5 cm³/mol. The van der Waals surface area contributed by atoms with Gasteiger partial charge < -0.3 is 4.79 Å². The Bertz CT molecular complexity index is 453. The molecule has 5 nitrogen and oxygen atoms in total. The van der Waals surface area contributed by atoms with Crippen molar-refractivity contribution in [3.63, 3.8) is 0 Å². The van der Waals surface area contributed by atoms with Crippen molar-refractivity contribution in [2.45, 2.75) is 32.7 Å². The molecule has 0 atom stereocenters. The van der Waals surface area contributed by atoms with Crippen LogP contribution in [0.5, 0.6) is 0 Å². The third-order valence-corrected chi connectivity index (χ3v) is 2.65. The summed E-state index contributed by atoms with van der Waals surface area (Å²) in [5.41, 5.74) is 4.41. The molecule has 0 saturated heterocycles. The van der Waals surface area contributed by atoms with Gasteiger partial charge in [0.05, 0.1) is 0 Å². The van der Waals surface area contributed by atoms with Crippen molar-refractivity contribution in [2.75, 3.05) is 7.05 Å². The van der Waals surface area contributed by atoms with Crippen molar-refractivity contribution in [3.8, 4) is 0 Å². The summed E-state index contributed by atoms with van der Waals surface area (Å²) >= 11 is 0. The lowest BCUT2D eigenvalue weighted by molar-refractivity contribution is -0.113. The van der Waals surface area contributed by atoms with Gasteiger partial charge in [0.25, 0.3) is 0 Å². The summed E-state index contributed by atoms with van der Waals surface area (Å²) in [5, 5.41) is 1.56. The SMILES string of the molecule is CCCCC=O.[B]c1ccc(C=O)c(CN(C)NC=O)c1. The second-order valence-corrected chi connectivity index (χ2v) is 4.49. The van der Waals surface area contributed by atoms with Crippen LogP contribution in [-0.4, -0.2) is 38.9 Å².